The van der Waals surface area contributed by atoms with E-state index in [2.05, 4.69) is 269 Å². The zero-order valence-corrected chi connectivity index (χ0v) is 60.1. The van der Waals surface area contributed by atoms with Gasteiger partial charge in [-0.3, -0.25) is 0 Å². The molecule has 0 radical (unpaired) electrons. The predicted octanol–water partition coefficient (Wildman–Crippen LogP) is 26.0. The van der Waals surface area contributed by atoms with Gasteiger partial charge in [-0.1, -0.05) is 198 Å². The molecule has 8 bridgehead atoms. The number of nitrogens with zero attached hydrogens (tertiary/aromatic N) is 2. The average Bonchev–Trinajstić information content (AvgIpc) is 0.710. The Morgan fingerprint density at radius 1 is 0.350 bits per heavy atom. The minimum absolute atomic E-state index is 0.274. The number of unbranched alkanes of at least 4 members (excludes halogenated alkanes) is 2. The predicted molar refractivity (Wildman–Crippen MR) is 424 cm³/mol. The van der Waals surface area contributed by atoms with Crippen molar-refractivity contribution in [1.82, 2.24) is 0 Å². The molecule has 10 aromatic carbocycles. The monoisotopic (exact) mass is 1310 g/mol. The first-order valence-corrected chi connectivity index (χ1v) is 38.8. The fraction of sp³-hybridized carbons (Fsp3) is 0.347. The van der Waals surface area contributed by atoms with Gasteiger partial charge >= 0.3 is 0 Å². The molecule has 4 unspecified atom stereocenters. The fourth-order valence-corrected chi connectivity index (χ4v) is 21.9. The minimum atomic E-state index is 0.274. The molecule has 20 rings (SSSR count). The Hall–Kier alpha value is -8.72. The van der Waals surface area contributed by atoms with Crippen LogP contribution in [0.15, 0.2) is 232 Å². The quantitative estimate of drug-likeness (QED) is 0.0750. The van der Waals surface area contributed by atoms with Crippen LogP contribution in [0.2, 0.25) is 0 Å². The summed E-state index contributed by atoms with van der Waals surface area (Å²) in [6, 6.07) is 85.4. The molecule has 0 heterocycles. The molecule has 0 amide bonds. The van der Waals surface area contributed by atoms with Gasteiger partial charge in [0.05, 0.1) is 0 Å². The summed E-state index contributed by atoms with van der Waals surface area (Å²) in [5.41, 5.74) is 34.2. The van der Waals surface area contributed by atoms with E-state index in [1.165, 1.54) is 240 Å². The zero-order chi connectivity index (χ0) is 67.7. The first-order valence-electron chi connectivity index (χ1n) is 38.8. The molecule has 8 saturated carbocycles. The van der Waals surface area contributed by atoms with Crippen molar-refractivity contribution in [3.8, 4) is 22.3 Å². The van der Waals surface area contributed by atoms with E-state index in [1.807, 2.05) is 12.2 Å². The highest BCUT2D eigenvalue weighted by molar-refractivity contribution is 5.83. The van der Waals surface area contributed by atoms with Gasteiger partial charge in [0.1, 0.15) is 0 Å². The summed E-state index contributed by atoms with van der Waals surface area (Å²) in [5, 5.41) is 0. The Labute approximate surface area is 598 Å². The maximum absolute atomic E-state index is 4.01. The van der Waals surface area contributed by atoms with Crippen LogP contribution in [-0.2, 0) is 60.2 Å². The van der Waals surface area contributed by atoms with Crippen LogP contribution in [0.5, 0.6) is 0 Å². The molecule has 0 saturated heterocycles. The van der Waals surface area contributed by atoms with Gasteiger partial charge in [0.2, 0.25) is 0 Å². The molecule has 504 valence electrons. The minimum Gasteiger partial charge on any atom is -0.311 e. The van der Waals surface area contributed by atoms with Gasteiger partial charge in [-0.15, -0.1) is 0 Å². The second-order valence-electron chi connectivity index (χ2n) is 33.0. The van der Waals surface area contributed by atoms with Crippen LogP contribution >= 0.6 is 0 Å². The highest BCUT2D eigenvalue weighted by atomic mass is 15.1. The lowest BCUT2D eigenvalue weighted by Crippen LogP contribution is -2.55. The molecule has 2 heteroatoms. The van der Waals surface area contributed by atoms with Gasteiger partial charge in [0.25, 0.3) is 0 Å². The smallest absolute Gasteiger partial charge is 0.0493 e. The SMILES string of the molecule is C=Cc1ccc(C23CC4CC(C2)CC(c2ccc(N(c5ccc(CCCC)cc5)c5cc(C)c(-c6ccc7c(c6)CC7)cc5C)cc2)(C4)C3)cc1.C=Cc1ccc(C23CC4CC(C2)CC(c2ccc(N(c5ccc(CCCC)cc5)c5ccc(-c6ccc7c(c6)CC7)cc5)cc2)(C4)C3)cc1. The Morgan fingerprint density at radius 3 is 1.06 bits per heavy atom. The molecule has 0 N–H and O–H groups in total. The van der Waals surface area contributed by atoms with E-state index in [0.29, 0.717) is 10.8 Å². The van der Waals surface area contributed by atoms with E-state index in [-0.39, 0.29) is 10.8 Å². The van der Waals surface area contributed by atoms with Crippen molar-refractivity contribution in [3.05, 3.63) is 309 Å². The lowest BCUT2D eigenvalue weighted by Gasteiger charge is -2.63. The fourth-order valence-electron chi connectivity index (χ4n) is 21.9. The summed E-state index contributed by atoms with van der Waals surface area (Å²) in [7, 11) is 0. The van der Waals surface area contributed by atoms with E-state index in [1.54, 1.807) is 22.3 Å². The van der Waals surface area contributed by atoms with Gasteiger partial charge in [0.15, 0.2) is 0 Å². The second-order valence-corrected chi connectivity index (χ2v) is 33.0. The third-order valence-corrected chi connectivity index (χ3v) is 26.4. The van der Waals surface area contributed by atoms with E-state index >= 15 is 0 Å². The first kappa shape index (κ1) is 64.6. The largest absolute Gasteiger partial charge is 0.311 e. The number of hydrogen-bond acceptors (Lipinski definition) is 2. The third kappa shape index (κ3) is 12.0. The van der Waals surface area contributed by atoms with Crippen molar-refractivity contribution in [2.75, 3.05) is 9.80 Å². The maximum Gasteiger partial charge on any atom is 0.0493 e. The van der Waals surface area contributed by atoms with Gasteiger partial charge in [0, 0.05) is 34.1 Å². The Morgan fingerprint density at radius 2 is 0.690 bits per heavy atom. The van der Waals surface area contributed by atoms with Crippen LogP contribution in [0.1, 0.15) is 194 Å². The molecule has 0 aromatic heterocycles. The average molecular weight is 1310 g/mol. The van der Waals surface area contributed by atoms with Gasteiger partial charge in [-0.25, -0.2) is 0 Å². The molecule has 4 atom stereocenters. The number of benzene rings is 10. The van der Waals surface area contributed by atoms with Crippen molar-refractivity contribution in [3.63, 3.8) is 0 Å². The maximum atomic E-state index is 4.01. The van der Waals surface area contributed by atoms with Crippen molar-refractivity contribution in [2.24, 2.45) is 23.7 Å². The molecular formula is C98H102N2. The first-order chi connectivity index (χ1) is 48.9. The van der Waals surface area contributed by atoms with Crippen LogP contribution in [0.25, 0.3) is 34.4 Å². The van der Waals surface area contributed by atoms with Crippen LogP contribution in [0.4, 0.5) is 34.1 Å². The highest BCUT2D eigenvalue weighted by Crippen LogP contribution is 2.68. The van der Waals surface area contributed by atoms with Crippen molar-refractivity contribution in [2.45, 2.75) is 191 Å². The lowest BCUT2D eigenvalue weighted by atomic mass is 9.41. The molecule has 10 aliphatic carbocycles. The summed E-state index contributed by atoms with van der Waals surface area (Å²) < 4.78 is 0. The number of hydrogen-bond donors (Lipinski definition) is 0. The van der Waals surface area contributed by atoms with Crippen LogP contribution in [0, 0.1) is 37.5 Å². The van der Waals surface area contributed by atoms with E-state index < -0.39 is 0 Å². The number of fused-ring (bicyclic) bond motifs is 2. The molecule has 8 fully saturated rings. The molecule has 10 aromatic rings. The van der Waals surface area contributed by atoms with Crippen LogP contribution in [-0.4, -0.2) is 0 Å². The van der Waals surface area contributed by atoms with Crippen LogP contribution in [0.3, 0.4) is 0 Å². The third-order valence-electron chi connectivity index (χ3n) is 26.4. The van der Waals surface area contributed by atoms with Crippen molar-refractivity contribution >= 4 is 46.3 Å². The summed E-state index contributed by atoms with van der Waals surface area (Å²) in [6.45, 7) is 17.1. The summed E-state index contributed by atoms with van der Waals surface area (Å²) in [6.07, 6.45) is 32.3. The van der Waals surface area contributed by atoms with E-state index in [9.17, 15) is 0 Å². The summed E-state index contributed by atoms with van der Waals surface area (Å²) in [4.78, 5) is 4.97. The summed E-state index contributed by atoms with van der Waals surface area (Å²) in [5.74, 6) is 3.33. The zero-order valence-electron chi connectivity index (χ0n) is 60.1. The van der Waals surface area contributed by atoms with E-state index in [4.69, 9.17) is 0 Å². The van der Waals surface area contributed by atoms with E-state index in [0.717, 1.165) is 36.5 Å². The van der Waals surface area contributed by atoms with Crippen molar-refractivity contribution < 1.29 is 0 Å². The standard InChI is InChI=1S/C50H53N.C48H49N/c1-5-7-8-37-11-21-45(22-12-37)51(48-26-34(3)47(25-35(48)4)42-16-14-40-13-15-41(40)28-42)46-23-19-44(20-24-46)50-31-38-27-39(32-50)30-49(29-38,33-50)43-17-9-36(6-2)10-18-43;1-3-5-6-35-9-21-44(22-10-35)49(45-23-15-39(16-24-45)41-14-12-38-11-13-40(38)28-41)46-25-19-43(20-26-46)48-31-36-27-37(32-48)30-47(29-36,33-48)42-17-7-34(4-2)8-18-42/h6,9-12,14,16-26,28,38-39H,2,5,7-8,13,15,27,29-33H2,1,3-4H3;4,7-10,12,14-26,28,36-37H,2-3,5-6,11,13,27,29-33H2,1H3. The number of aryl methyl sites for hydroxylation is 8. The summed E-state index contributed by atoms with van der Waals surface area (Å²) >= 11 is 0. The Kier molecular flexibility index (Phi) is 17.0. The lowest BCUT2D eigenvalue weighted by molar-refractivity contribution is -0.0282. The van der Waals surface area contributed by atoms with Crippen molar-refractivity contribution in [1.29, 1.82) is 0 Å². The second kappa shape index (κ2) is 26.3. The molecule has 0 spiro atoms. The highest BCUT2D eigenvalue weighted by Gasteiger charge is 2.60. The van der Waals surface area contributed by atoms with Gasteiger partial charge < -0.3 is 9.80 Å². The molecule has 100 heavy (non-hydrogen) atoms. The number of anilines is 6. The normalized spacial score (nSPS) is 24.4. The van der Waals surface area contributed by atoms with Crippen LogP contribution < -0.4 is 9.80 Å². The molecule has 0 aliphatic heterocycles. The molecule has 2 nitrogen and oxygen atoms in total. The molecular weight excluding hydrogens is 1210 g/mol. The molecule has 10 aliphatic rings. The Bertz CT molecular complexity index is 4610. The Balaban J connectivity index is 0.000000150. The number of rotatable bonds is 20. The topological polar surface area (TPSA) is 6.48 Å². The van der Waals surface area contributed by atoms with Gasteiger partial charge in [-0.05, 0) is 361 Å². The van der Waals surface area contributed by atoms with Gasteiger partial charge in [-0.2, -0.15) is 0 Å².